The Labute approximate surface area is 254 Å². The number of halogens is 1. The van der Waals surface area contributed by atoms with Crippen LogP contribution in [0.5, 0.6) is 0 Å². The molecule has 10 nitrogen and oxygen atoms in total. The number of aliphatic hydroxyl groups excluding tert-OH is 2. The van der Waals surface area contributed by atoms with E-state index in [0.29, 0.717) is 10.7 Å². The average molecular weight is 599 g/mol. The molecule has 0 amide bonds. The molecule has 1 saturated heterocycles. The highest BCUT2D eigenvalue weighted by Crippen LogP contribution is 2.37. The van der Waals surface area contributed by atoms with Gasteiger partial charge in [-0.15, -0.1) is 0 Å². The number of rotatable bonds is 7. The molecule has 0 unspecified atom stereocenters. The molecule has 0 radical (unpaired) electrons. The Morgan fingerprint density at radius 2 is 1.55 bits per heavy atom. The van der Waals surface area contributed by atoms with Crippen LogP contribution in [-0.4, -0.2) is 59.9 Å². The van der Waals surface area contributed by atoms with E-state index in [1.807, 2.05) is 64.4 Å². The summed E-state index contributed by atoms with van der Waals surface area (Å²) in [6.45, 7) is 16.2. The number of aromatic nitrogens is 4. The molecule has 3 aromatic rings. The smallest absolute Gasteiger partial charge is 0.405 e. The molecule has 0 aliphatic carbocycles. The lowest BCUT2D eigenvalue weighted by molar-refractivity contribution is 0.00578. The Balaban J connectivity index is 0.000000230. The minimum Gasteiger partial charge on any atom is -0.405 e. The quantitative estimate of drug-likeness (QED) is 0.192. The topological polar surface area (TPSA) is 141 Å². The first-order chi connectivity index (χ1) is 19.8. The van der Waals surface area contributed by atoms with Gasteiger partial charge in [0.25, 0.3) is 0 Å². The summed E-state index contributed by atoms with van der Waals surface area (Å²) in [5, 5.41) is 22.5. The molecule has 4 rings (SSSR count). The zero-order chi connectivity index (χ0) is 31.5. The normalized spacial score (nSPS) is 15.9. The second-order valence-electron chi connectivity index (χ2n) is 11.1. The number of aliphatic imine (C=N–C) groups is 1. The van der Waals surface area contributed by atoms with Crippen molar-refractivity contribution >= 4 is 24.3 Å². The molecular formula is C30H44BClN6O4. The minimum absolute atomic E-state index is 0.00749. The summed E-state index contributed by atoms with van der Waals surface area (Å²) in [6, 6.07) is 9.54. The average Bonchev–Trinajstić information content (AvgIpc) is 3.51. The SMILES string of the molecule is CC(C)N=C(C=CN)B1OC(C)(C)C(C)(C)O1.CC(C)n1nccc1-c1ncccc1CO.OCc1cccnc1Cl. The minimum atomic E-state index is -0.442. The summed E-state index contributed by atoms with van der Waals surface area (Å²) in [5.74, 6) is 0. The first kappa shape index (κ1) is 35.1. The van der Waals surface area contributed by atoms with Gasteiger partial charge in [0.1, 0.15) is 5.15 Å². The van der Waals surface area contributed by atoms with Crippen molar-refractivity contribution in [2.75, 3.05) is 0 Å². The van der Waals surface area contributed by atoms with Crippen LogP contribution in [0.15, 0.2) is 66.2 Å². The van der Waals surface area contributed by atoms with Crippen LogP contribution in [0.3, 0.4) is 0 Å². The van der Waals surface area contributed by atoms with Crippen LogP contribution in [0.1, 0.15) is 72.6 Å². The fourth-order valence-electron chi connectivity index (χ4n) is 3.79. The fourth-order valence-corrected chi connectivity index (χ4v) is 3.97. The highest BCUT2D eigenvalue weighted by atomic mass is 35.5. The lowest BCUT2D eigenvalue weighted by atomic mass is 9.81. The van der Waals surface area contributed by atoms with E-state index in [2.05, 4.69) is 33.9 Å². The Morgan fingerprint density at radius 3 is 2.02 bits per heavy atom. The van der Waals surface area contributed by atoms with Crippen LogP contribution in [0.4, 0.5) is 0 Å². The predicted octanol–water partition coefficient (Wildman–Crippen LogP) is 5.19. The molecule has 0 atom stereocenters. The van der Waals surface area contributed by atoms with E-state index in [9.17, 15) is 5.11 Å². The molecule has 0 aromatic carbocycles. The van der Waals surface area contributed by atoms with E-state index >= 15 is 0 Å². The van der Waals surface area contributed by atoms with Gasteiger partial charge in [-0.1, -0.05) is 23.7 Å². The van der Waals surface area contributed by atoms with Crippen LogP contribution < -0.4 is 5.73 Å². The van der Waals surface area contributed by atoms with E-state index in [0.717, 1.165) is 22.6 Å². The van der Waals surface area contributed by atoms with Crippen molar-refractivity contribution in [2.24, 2.45) is 10.7 Å². The lowest BCUT2D eigenvalue weighted by Crippen LogP contribution is -2.41. The molecule has 3 aromatic heterocycles. The third-order valence-corrected chi connectivity index (χ3v) is 6.98. The predicted molar refractivity (Wildman–Crippen MR) is 169 cm³/mol. The van der Waals surface area contributed by atoms with Gasteiger partial charge < -0.3 is 25.3 Å². The third-order valence-electron chi connectivity index (χ3n) is 6.64. The molecule has 228 valence electrons. The van der Waals surface area contributed by atoms with Crippen molar-refractivity contribution in [3.05, 3.63) is 77.5 Å². The van der Waals surface area contributed by atoms with Crippen LogP contribution in [0.2, 0.25) is 5.15 Å². The highest BCUT2D eigenvalue weighted by Gasteiger charge is 2.52. The fraction of sp³-hybridized carbons (Fsp3) is 0.467. The Kier molecular flexibility index (Phi) is 13.3. The third kappa shape index (κ3) is 9.47. The van der Waals surface area contributed by atoms with Crippen molar-refractivity contribution in [2.45, 2.75) is 91.9 Å². The molecule has 1 aliphatic heterocycles. The molecule has 1 fully saturated rings. The van der Waals surface area contributed by atoms with Crippen molar-refractivity contribution in [1.29, 1.82) is 0 Å². The molecule has 42 heavy (non-hydrogen) atoms. The van der Waals surface area contributed by atoms with E-state index in [4.69, 9.17) is 31.7 Å². The molecular weight excluding hydrogens is 555 g/mol. The largest absolute Gasteiger partial charge is 0.514 e. The van der Waals surface area contributed by atoms with Gasteiger partial charge in [0, 0.05) is 41.8 Å². The van der Waals surface area contributed by atoms with Gasteiger partial charge in [-0.3, -0.25) is 14.7 Å². The number of nitrogens with two attached hydrogens (primary N) is 1. The second kappa shape index (κ2) is 16.0. The van der Waals surface area contributed by atoms with Crippen molar-refractivity contribution in [1.82, 2.24) is 19.7 Å². The number of pyridine rings is 2. The monoisotopic (exact) mass is 598 g/mol. The van der Waals surface area contributed by atoms with Crippen molar-refractivity contribution in [3.8, 4) is 11.4 Å². The maximum Gasteiger partial charge on any atom is 0.514 e. The van der Waals surface area contributed by atoms with E-state index in [1.54, 1.807) is 36.8 Å². The number of nitrogens with zero attached hydrogens (tertiary/aromatic N) is 5. The van der Waals surface area contributed by atoms with Gasteiger partial charge in [0.15, 0.2) is 0 Å². The maximum absolute atomic E-state index is 9.28. The van der Waals surface area contributed by atoms with Gasteiger partial charge in [-0.2, -0.15) is 5.10 Å². The number of hydrogen-bond donors (Lipinski definition) is 3. The zero-order valence-electron chi connectivity index (χ0n) is 25.8. The Hall–Kier alpha value is -3.09. The molecule has 0 spiro atoms. The molecule has 12 heteroatoms. The number of aliphatic hydroxyl groups is 2. The summed E-state index contributed by atoms with van der Waals surface area (Å²) >= 11 is 5.55. The van der Waals surface area contributed by atoms with Gasteiger partial charge in [0.05, 0.1) is 41.4 Å². The van der Waals surface area contributed by atoms with Gasteiger partial charge >= 0.3 is 7.12 Å². The first-order valence-corrected chi connectivity index (χ1v) is 14.3. The maximum atomic E-state index is 9.28. The standard InChI is InChI=1S/C12H23BN2O2.C12H15N3O.C6H6ClNO/c1-9(2)15-10(7-8-14)13-16-11(3,4)12(5,6)17-13;1-9(2)15-11(5-7-14-15)12-10(8-16)4-3-6-13-12;7-6-5(4-9)2-1-3-8-6/h7-9H,14H2,1-6H3;3-7,9,16H,8H2,1-2H3;1-3,9H,4H2. The molecule has 0 bridgehead atoms. The molecule has 1 aliphatic rings. The van der Waals surface area contributed by atoms with Crippen LogP contribution >= 0.6 is 11.6 Å². The summed E-state index contributed by atoms with van der Waals surface area (Å²) in [6.07, 6.45) is 8.27. The lowest BCUT2D eigenvalue weighted by Gasteiger charge is -2.32. The van der Waals surface area contributed by atoms with Crippen molar-refractivity contribution < 1.29 is 19.5 Å². The Bertz CT molecular complexity index is 1310. The molecule has 4 heterocycles. The number of allylic oxidation sites excluding steroid dienone is 1. The number of hydrogen-bond acceptors (Lipinski definition) is 9. The van der Waals surface area contributed by atoms with Gasteiger partial charge in [-0.05, 0) is 85.9 Å². The summed E-state index contributed by atoms with van der Waals surface area (Å²) < 4.78 is 13.7. The first-order valence-electron chi connectivity index (χ1n) is 13.9. The summed E-state index contributed by atoms with van der Waals surface area (Å²) in [7, 11) is -0.442. The van der Waals surface area contributed by atoms with Crippen molar-refractivity contribution in [3.63, 3.8) is 0 Å². The van der Waals surface area contributed by atoms with E-state index < -0.39 is 7.12 Å². The van der Waals surface area contributed by atoms with E-state index in [-0.39, 0.29) is 36.5 Å². The van der Waals surface area contributed by atoms with E-state index in [1.165, 1.54) is 6.20 Å². The second-order valence-corrected chi connectivity index (χ2v) is 11.5. The van der Waals surface area contributed by atoms with Crippen LogP contribution in [0.25, 0.3) is 11.4 Å². The zero-order valence-corrected chi connectivity index (χ0v) is 26.6. The van der Waals surface area contributed by atoms with Gasteiger partial charge in [0.2, 0.25) is 0 Å². The Morgan fingerprint density at radius 1 is 0.976 bits per heavy atom. The molecule has 0 saturated carbocycles. The van der Waals surface area contributed by atoms with Crippen LogP contribution in [-0.2, 0) is 22.5 Å². The highest BCUT2D eigenvalue weighted by molar-refractivity contribution is 6.84. The van der Waals surface area contributed by atoms with Gasteiger partial charge in [-0.25, -0.2) is 4.98 Å². The molecule has 4 N–H and O–H groups in total. The van der Waals surface area contributed by atoms with Crippen LogP contribution in [0, 0.1) is 0 Å². The summed E-state index contributed by atoms with van der Waals surface area (Å²) in [5.41, 5.74) is 8.71. The summed E-state index contributed by atoms with van der Waals surface area (Å²) in [4.78, 5) is 12.5.